The SMILES string of the molecule is C=C(C)C(=O)C(COP(=O)(O)OCC[N+](C)(C)C)OCC=O. The minimum absolute atomic E-state index is 0.0194. The van der Waals surface area contributed by atoms with E-state index >= 15 is 0 Å². The number of hydrogen-bond acceptors (Lipinski definition) is 6. The van der Waals surface area contributed by atoms with Gasteiger partial charge in [0.1, 0.15) is 32.1 Å². The van der Waals surface area contributed by atoms with Gasteiger partial charge in [0.2, 0.25) is 0 Å². The number of carbonyl (C=O) groups is 2. The van der Waals surface area contributed by atoms with Crippen LogP contribution in [0.2, 0.25) is 0 Å². The maximum absolute atomic E-state index is 11.8. The summed E-state index contributed by atoms with van der Waals surface area (Å²) in [6.45, 7) is 4.63. The van der Waals surface area contributed by atoms with Crippen LogP contribution >= 0.6 is 7.82 Å². The highest BCUT2D eigenvalue weighted by molar-refractivity contribution is 7.47. The predicted octanol–water partition coefficient (Wildman–Crippen LogP) is 0.556. The van der Waals surface area contributed by atoms with Crippen molar-refractivity contribution < 1.29 is 37.3 Å². The highest BCUT2D eigenvalue weighted by Gasteiger charge is 2.28. The molecule has 0 rings (SSSR count). The fourth-order valence-electron chi connectivity index (χ4n) is 1.26. The third-order valence-electron chi connectivity index (χ3n) is 2.48. The minimum Gasteiger partial charge on any atom is -0.360 e. The zero-order valence-electron chi connectivity index (χ0n) is 13.5. The van der Waals surface area contributed by atoms with Gasteiger partial charge in [0.25, 0.3) is 0 Å². The average molecular weight is 338 g/mol. The van der Waals surface area contributed by atoms with Crippen molar-refractivity contribution in [2.45, 2.75) is 13.0 Å². The summed E-state index contributed by atoms with van der Waals surface area (Å²) < 4.78 is 26.8. The number of hydrogen-bond donors (Lipinski definition) is 1. The molecule has 2 unspecified atom stereocenters. The van der Waals surface area contributed by atoms with Gasteiger partial charge in [-0.25, -0.2) is 4.57 Å². The summed E-state index contributed by atoms with van der Waals surface area (Å²) in [5.41, 5.74) is 0.193. The highest BCUT2D eigenvalue weighted by atomic mass is 31.2. The maximum Gasteiger partial charge on any atom is 0.472 e. The van der Waals surface area contributed by atoms with E-state index in [1.165, 1.54) is 6.92 Å². The van der Waals surface area contributed by atoms with E-state index in [1.54, 1.807) is 0 Å². The van der Waals surface area contributed by atoms with Gasteiger partial charge in [0.05, 0.1) is 27.7 Å². The zero-order valence-corrected chi connectivity index (χ0v) is 14.4. The van der Waals surface area contributed by atoms with Gasteiger partial charge in [-0.15, -0.1) is 0 Å². The van der Waals surface area contributed by atoms with Crippen molar-refractivity contribution in [3.05, 3.63) is 12.2 Å². The van der Waals surface area contributed by atoms with Crippen LogP contribution in [-0.2, 0) is 27.9 Å². The van der Waals surface area contributed by atoms with Crippen molar-refractivity contribution in [2.75, 3.05) is 47.5 Å². The van der Waals surface area contributed by atoms with Crippen LogP contribution in [0, 0.1) is 0 Å². The molecule has 1 N–H and O–H groups in total. The molecular weight excluding hydrogens is 313 g/mol. The average Bonchev–Trinajstić information content (AvgIpc) is 2.36. The largest absolute Gasteiger partial charge is 0.472 e. The molecule has 0 radical (unpaired) electrons. The van der Waals surface area contributed by atoms with Gasteiger partial charge in [-0.1, -0.05) is 6.58 Å². The second-order valence-electron chi connectivity index (χ2n) is 5.74. The van der Waals surface area contributed by atoms with Crippen molar-refractivity contribution in [3.63, 3.8) is 0 Å². The van der Waals surface area contributed by atoms with Crippen LogP contribution in [-0.4, -0.2) is 75.1 Å². The number of ether oxygens (including phenoxy) is 1. The first-order valence-corrected chi connectivity index (χ1v) is 8.15. The van der Waals surface area contributed by atoms with Crippen LogP contribution in [0.1, 0.15) is 6.92 Å². The van der Waals surface area contributed by atoms with E-state index in [9.17, 15) is 19.0 Å². The van der Waals surface area contributed by atoms with Crippen molar-refractivity contribution >= 4 is 19.9 Å². The van der Waals surface area contributed by atoms with Crippen LogP contribution in [0.25, 0.3) is 0 Å². The zero-order chi connectivity index (χ0) is 17.4. The number of phosphoric acid groups is 1. The molecule has 0 aliphatic heterocycles. The number of likely N-dealkylation sites (N-methyl/N-ethyl adjacent to an activating group) is 1. The summed E-state index contributed by atoms with van der Waals surface area (Å²) in [7, 11) is 1.42. The molecule has 2 atom stereocenters. The van der Waals surface area contributed by atoms with Gasteiger partial charge in [0, 0.05) is 0 Å². The van der Waals surface area contributed by atoms with Crippen LogP contribution < -0.4 is 0 Å². The van der Waals surface area contributed by atoms with Crippen LogP contribution in [0.5, 0.6) is 0 Å². The van der Waals surface area contributed by atoms with Crippen LogP contribution in [0.15, 0.2) is 12.2 Å². The molecule has 0 aliphatic carbocycles. The van der Waals surface area contributed by atoms with Crippen molar-refractivity contribution in [1.29, 1.82) is 0 Å². The molecule has 0 spiro atoms. The Kier molecular flexibility index (Phi) is 8.92. The van der Waals surface area contributed by atoms with E-state index in [0.717, 1.165) is 0 Å². The third-order valence-corrected chi connectivity index (χ3v) is 3.47. The van der Waals surface area contributed by atoms with E-state index < -0.39 is 26.3 Å². The Balaban J connectivity index is 4.48. The maximum atomic E-state index is 11.8. The molecule has 0 aromatic carbocycles. The van der Waals surface area contributed by atoms with E-state index in [1.807, 2.05) is 21.1 Å². The molecule has 0 bridgehead atoms. The smallest absolute Gasteiger partial charge is 0.360 e. The van der Waals surface area contributed by atoms with E-state index in [0.29, 0.717) is 17.3 Å². The number of quaternary nitrogens is 1. The topological polar surface area (TPSA) is 99.1 Å². The molecule has 0 fully saturated rings. The summed E-state index contributed by atoms with van der Waals surface area (Å²) in [5, 5.41) is 0. The number of ketones is 1. The third kappa shape index (κ3) is 9.94. The van der Waals surface area contributed by atoms with E-state index in [4.69, 9.17) is 13.8 Å². The monoisotopic (exact) mass is 338 g/mol. The second-order valence-corrected chi connectivity index (χ2v) is 7.20. The van der Waals surface area contributed by atoms with Crippen molar-refractivity contribution in [2.24, 2.45) is 0 Å². The lowest BCUT2D eigenvalue weighted by atomic mass is 10.1. The van der Waals surface area contributed by atoms with Gasteiger partial charge in [-0.3, -0.25) is 13.8 Å². The molecule has 0 saturated carbocycles. The number of carbonyl (C=O) groups excluding carboxylic acids is 2. The van der Waals surface area contributed by atoms with Crippen molar-refractivity contribution in [1.82, 2.24) is 0 Å². The highest BCUT2D eigenvalue weighted by Crippen LogP contribution is 2.43. The summed E-state index contributed by atoms with van der Waals surface area (Å²) in [5.74, 6) is -0.506. The first-order valence-electron chi connectivity index (χ1n) is 6.66. The molecule has 0 saturated heterocycles. The molecule has 0 heterocycles. The Hall–Kier alpha value is -0.890. The summed E-state index contributed by atoms with van der Waals surface area (Å²) in [6, 6.07) is 0. The number of aldehydes is 1. The van der Waals surface area contributed by atoms with Gasteiger partial charge in [0.15, 0.2) is 5.78 Å². The number of nitrogens with zero attached hydrogens (tertiary/aromatic N) is 1. The van der Waals surface area contributed by atoms with Crippen molar-refractivity contribution in [3.8, 4) is 0 Å². The first-order chi connectivity index (χ1) is 9.98. The minimum atomic E-state index is -4.29. The number of phosphoric ester groups is 1. The van der Waals surface area contributed by atoms with Crippen LogP contribution in [0.4, 0.5) is 0 Å². The first kappa shape index (κ1) is 21.1. The molecule has 128 valence electrons. The molecule has 8 nitrogen and oxygen atoms in total. The predicted molar refractivity (Wildman–Crippen MR) is 80.3 cm³/mol. The molecule has 0 amide bonds. The molecule has 0 aliphatic rings. The Bertz CT molecular complexity index is 444. The van der Waals surface area contributed by atoms with Gasteiger partial charge in [-0.05, 0) is 12.5 Å². The lowest BCUT2D eigenvalue weighted by Crippen LogP contribution is -2.37. The second kappa shape index (κ2) is 9.29. The summed E-state index contributed by atoms with van der Waals surface area (Å²) in [4.78, 5) is 31.6. The van der Waals surface area contributed by atoms with E-state index in [-0.39, 0.29) is 18.8 Å². The van der Waals surface area contributed by atoms with E-state index in [2.05, 4.69) is 6.58 Å². The standard InChI is InChI=1S/C13H24NO7P/c1-11(2)13(16)12(19-9-7-15)10-21-22(17,18)20-8-6-14(3,4)5/h7,12H,1,6,8-10H2,2-5H3/p+1. The van der Waals surface area contributed by atoms with Gasteiger partial charge < -0.3 is 18.9 Å². The summed E-state index contributed by atoms with van der Waals surface area (Å²) >= 11 is 0. The lowest BCUT2D eigenvalue weighted by Gasteiger charge is -2.24. The summed E-state index contributed by atoms with van der Waals surface area (Å²) in [6.07, 6.45) is -0.709. The Morgan fingerprint density at radius 3 is 2.41 bits per heavy atom. The molecule has 0 aromatic heterocycles. The Morgan fingerprint density at radius 1 is 1.36 bits per heavy atom. The lowest BCUT2D eigenvalue weighted by molar-refractivity contribution is -0.870. The Labute approximate surface area is 130 Å². The molecule has 22 heavy (non-hydrogen) atoms. The van der Waals surface area contributed by atoms with Gasteiger partial charge in [-0.2, -0.15) is 0 Å². The van der Waals surface area contributed by atoms with Gasteiger partial charge >= 0.3 is 7.82 Å². The quantitative estimate of drug-likeness (QED) is 0.240. The van der Waals surface area contributed by atoms with Crippen LogP contribution in [0.3, 0.4) is 0 Å². The Morgan fingerprint density at radius 2 is 1.95 bits per heavy atom. The molecule has 0 aromatic rings. The number of Topliss-reactive ketones (excluding diaryl/α,β-unsaturated/α-hetero) is 1. The molecule has 9 heteroatoms. The normalized spacial score (nSPS) is 15.9. The fraction of sp³-hybridized carbons (Fsp3) is 0.692. The number of rotatable bonds is 12. The fourth-order valence-corrected chi connectivity index (χ4v) is 1.97. The molecular formula is C13H25NO7P+.